The Bertz CT molecular complexity index is 771. The van der Waals surface area contributed by atoms with Crippen LogP contribution < -0.4 is 5.32 Å². The average Bonchev–Trinajstić information content (AvgIpc) is 3.34. The van der Waals surface area contributed by atoms with E-state index in [0.717, 1.165) is 31.6 Å². The van der Waals surface area contributed by atoms with Crippen molar-refractivity contribution in [3.05, 3.63) is 65.7 Å². The molecule has 26 heavy (non-hydrogen) atoms. The third-order valence-corrected chi connectivity index (χ3v) is 5.86. The zero-order valence-electron chi connectivity index (χ0n) is 15.0. The number of hydrogen-bond donors (Lipinski definition) is 2. The van der Waals surface area contributed by atoms with Crippen LogP contribution in [0.5, 0.6) is 0 Å². The Morgan fingerprint density at radius 3 is 2.58 bits per heavy atom. The largest absolute Gasteiger partial charge is 0.394 e. The number of likely N-dealkylation sites (tertiary alicyclic amines) is 1. The second-order valence-electron chi connectivity index (χ2n) is 7.52. The van der Waals surface area contributed by atoms with E-state index in [9.17, 15) is 9.90 Å². The number of nitrogens with zero attached hydrogens (tertiary/aromatic N) is 1. The second kappa shape index (κ2) is 7.12. The van der Waals surface area contributed by atoms with Gasteiger partial charge in [0.2, 0.25) is 0 Å². The van der Waals surface area contributed by atoms with Crippen LogP contribution in [-0.4, -0.2) is 41.7 Å². The molecular formula is C22H26N2O2. The van der Waals surface area contributed by atoms with Crippen LogP contribution in [0.2, 0.25) is 0 Å². The summed E-state index contributed by atoms with van der Waals surface area (Å²) in [5.74, 6) is 0.0224. The standard InChI is InChI=1S/C22H26N2O2/c25-15-18-9-6-14-24(18)21(26)19-10-4-5-11-20(19)23-16-22(12-13-22)17-7-2-1-3-8-17/h1-5,7-8,10-11,18,23,25H,6,9,12-16H2. The summed E-state index contributed by atoms with van der Waals surface area (Å²) >= 11 is 0. The summed E-state index contributed by atoms with van der Waals surface area (Å²) in [5.41, 5.74) is 3.16. The first kappa shape index (κ1) is 17.1. The molecule has 1 aliphatic heterocycles. The van der Waals surface area contributed by atoms with Crippen LogP contribution in [0, 0.1) is 0 Å². The Morgan fingerprint density at radius 2 is 1.85 bits per heavy atom. The molecule has 4 heteroatoms. The highest BCUT2D eigenvalue weighted by atomic mass is 16.3. The lowest BCUT2D eigenvalue weighted by Gasteiger charge is -2.25. The number of carbonyl (C=O) groups excluding carboxylic acids is 1. The van der Waals surface area contributed by atoms with Crippen LogP contribution in [0.25, 0.3) is 0 Å². The lowest BCUT2D eigenvalue weighted by Crippen LogP contribution is -2.38. The minimum absolute atomic E-state index is 0.0224. The molecule has 2 aliphatic rings. The molecule has 1 atom stereocenters. The van der Waals surface area contributed by atoms with E-state index in [0.29, 0.717) is 5.56 Å². The summed E-state index contributed by atoms with van der Waals surface area (Å²) in [6.07, 6.45) is 4.20. The van der Waals surface area contributed by atoms with Crippen molar-refractivity contribution >= 4 is 11.6 Å². The third kappa shape index (κ3) is 3.21. The van der Waals surface area contributed by atoms with E-state index in [1.54, 1.807) is 0 Å². The molecule has 2 aromatic carbocycles. The molecule has 0 aromatic heterocycles. The molecule has 0 radical (unpaired) electrons. The fourth-order valence-corrected chi connectivity index (χ4v) is 4.05. The molecule has 1 aliphatic carbocycles. The smallest absolute Gasteiger partial charge is 0.256 e. The predicted octanol–water partition coefficient (Wildman–Crippen LogP) is 3.43. The fourth-order valence-electron chi connectivity index (χ4n) is 4.05. The van der Waals surface area contributed by atoms with Gasteiger partial charge in [0.15, 0.2) is 0 Å². The monoisotopic (exact) mass is 350 g/mol. The van der Waals surface area contributed by atoms with Crippen LogP contribution in [0.1, 0.15) is 41.6 Å². The summed E-state index contributed by atoms with van der Waals surface area (Å²) in [6, 6.07) is 18.3. The molecule has 2 N–H and O–H groups in total. The summed E-state index contributed by atoms with van der Waals surface area (Å²) in [4.78, 5) is 14.8. The lowest BCUT2D eigenvalue weighted by atomic mass is 9.96. The Balaban J connectivity index is 1.51. The maximum absolute atomic E-state index is 13.0. The maximum atomic E-state index is 13.0. The summed E-state index contributed by atoms with van der Waals surface area (Å²) < 4.78 is 0. The van der Waals surface area contributed by atoms with Crippen molar-refractivity contribution < 1.29 is 9.90 Å². The second-order valence-corrected chi connectivity index (χ2v) is 7.52. The lowest BCUT2D eigenvalue weighted by molar-refractivity contribution is 0.0678. The summed E-state index contributed by atoms with van der Waals surface area (Å²) in [5, 5.41) is 13.1. The van der Waals surface area contributed by atoms with Crippen molar-refractivity contribution in [2.24, 2.45) is 0 Å². The Hall–Kier alpha value is -2.33. The van der Waals surface area contributed by atoms with Gasteiger partial charge >= 0.3 is 0 Å². The number of para-hydroxylation sites is 1. The topological polar surface area (TPSA) is 52.6 Å². The van der Waals surface area contributed by atoms with E-state index in [2.05, 4.69) is 35.6 Å². The molecule has 1 saturated carbocycles. The van der Waals surface area contributed by atoms with Gasteiger partial charge in [0.1, 0.15) is 0 Å². The van der Waals surface area contributed by atoms with Crippen molar-refractivity contribution in [1.82, 2.24) is 4.90 Å². The number of rotatable bonds is 6. The normalized spacial score (nSPS) is 20.8. The van der Waals surface area contributed by atoms with E-state index in [-0.39, 0.29) is 24.0 Å². The maximum Gasteiger partial charge on any atom is 0.256 e. The SMILES string of the molecule is O=C(c1ccccc1NCC1(c2ccccc2)CC1)N1CCCC1CO. The Labute approximate surface area is 154 Å². The van der Waals surface area contributed by atoms with Gasteiger partial charge in [-0.25, -0.2) is 0 Å². The molecule has 0 spiro atoms. The van der Waals surface area contributed by atoms with Gasteiger partial charge in [-0.1, -0.05) is 42.5 Å². The molecule has 2 aromatic rings. The van der Waals surface area contributed by atoms with Crippen molar-refractivity contribution in [1.29, 1.82) is 0 Å². The minimum Gasteiger partial charge on any atom is -0.394 e. The molecular weight excluding hydrogens is 324 g/mol. The molecule has 1 saturated heterocycles. The molecule has 1 amide bonds. The van der Waals surface area contributed by atoms with Crippen LogP contribution in [0.3, 0.4) is 0 Å². The average molecular weight is 350 g/mol. The van der Waals surface area contributed by atoms with Crippen LogP contribution in [-0.2, 0) is 5.41 Å². The van der Waals surface area contributed by atoms with Gasteiger partial charge in [0.05, 0.1) is 18.2 Å². The summed E-state index contributed by atoms with van der Waals surface area (Å²) in [6.45, 7) is 1.61. The zero-order chi connectivity index (χ0) is 18.0. The van der Waals surface area contributed by atoms with E-state index < -0.39 is 0 Å². The van der Waals surface area contributed by atoms with Gasteiger partial charge in [-0.15, -0.1) is 0 Å². The minimum atomic E-state index is -0.0466. The van der Waals surface area contributed by atoms with Gasteiger partial charge in [-0.2, -0.15) is 0 Å². The van der Waals surface area contributed by atoms with Crippen molar-refractivity contribution in [2.45, 2.75) is 37.1 Å². The number of hydrogen-bond acceptors (Lipinski definition) is 3. The third-order valence-electron chi connectivity index (χ3n) is 5.86. The summed E-state index contributed by atoms with van der Waals surface area (Å²) in [7, 11) is 0. The van der Waals surface area contributed by atoms with E-state index in [1.807, 2.05) is 29.2 Å². The Morgan fingerprint density at radius 1 is 1.12 bits per heavy atom. The zero-order valence-corrected chi connectivity index (χ0v) is 15.0. The van der Waals surface area contributed by atoms with Crippen LogP contribution in [0.15, 0.2) is 54.6 Å². The highest BCUT2D eigenvalue weighted by molar-refractivity contribution is 6.00. The number of aliphatic hydroxyl groups is 1. The Kier molecular flexibility index (Phi) is 4.68. The van der Waals surface area contributed by atoms with Crippen LogP contribution in [0.4, 0.5) is 5.69 Å². The number of benzene rings is 2. The molecule has 1 heterocycles. The van der Waals surface area contributed by atoms with Gasteiger partial charge in [0.25, 0.3) is 5.91 Å². The quantitative estimate of drug-likeness (QED) is 0.839. The molecule has 0 bridgehead atoms. The number of anilines is 1. The fraction of sp³-hybridized carbons (Fsp3) is 0.409. The van der Waals surface area contributed by atoms with Gasteiger partial charge in [0, 0.05) is 24.2 Å². The van der Waals surface area contributed by atoms with Crippen molar-refractivity contribution in [2.75, 3.05) is 25.0 Å². The highest BCUT2D eigenvalue weighted by Gasteiger charge is 2.44. The predicted molar refractivity (Wildman–Crippen MR) is 103 cm³/mol. The van der Waals surface area contributed by atoms with Crippen molar-refractivity contribution in [3.63, 3.8) is 0 Å². The molecule has 4 nitrogen and oxygen atoms in total. The first-order valence-corrected chi connectivity index (χ1v) is 9.54. The number of carbonyl (C=O) groups is 1. The molecule has 1 unspecified atom stereocenters. The van der Waals surface area contributed by atoms with Gasteiger partial charge < -0.3 is 15.3 Å². The first-order chi connectivity index (χ1) is 12.7. The number of nitrogens with one attached hydrogen (secondary N) is 1. The molecule has 4 rings (SSSR count). The number of amides is 1. The van der Waals surface area contributed by atoms with Gasteiger partial charge in [-0.3, -0.25) is 4.79 Å². The molecule has 2 fully saturated rings. The van der Waals surface area contributed by atoms with Crippen molar-refractivity contribution in [3.8, 4) is 0 Å². The van der Waals surface area contributed by atoms with E-state index >= 15 is 0 Å². The van der Waals surface area contributed by atoms with Gasteiger partial charge in [-0.05, 0) is 43.4 Å². The number of aliphatic hydroxyl groups excluding tert-OH is 1. The molecule has 136 valence electrons. The van der Waals surface area contributed by atoms with E-state index in [4.69, 9.17) is 0 Å². The highest BCUT2D eigenvalue weighted by Crippen LogP contribution is 2.48. The van der Waals surface area contributed by atoms with E-state index in [1.165, 1.54) is 18.4 Å². The van der Waals surface area contributed by atoms with Crippen LogP contribution >= 0.6 is 0 Å². The first-order valence-electron chi connectivity index (χ1n) is 9.54.